The van der Waals surface area contributed by atoms with Gasteiger partial charge in [-0.1, -0.05) is 86.3 Å². The molecule has 7 heteroatoms. The Balaban J connectivity index is 1.71. The molecular formula is C28H27N3O3S. The predicted octanol–water partition coefficient (Wildman–Crippen LogP) is 4.81. The van der Waals surface area contributed by atoms with E-state index in [4.69, 9.17) is 4.98 Å². The number of aromatic nitrogens is 2. The van der Waals surface area contributed by atoms with Crippen LogP contribution in [0.4, 0.5) is 0 Å². The third-order valence-corrected chi connectivity index (χ3v) is 6.44. The second kappa shape index (κ2) is 11.1. The van der Waals surface area contributed by atoms with Crippen LogP contribution in [0.25, 0.3) is 10.9 Å². The van der Waals surface area contributed by atoms with E-state index in [-0.39, 0.29) is 23.0 Å². The molecule has 1 N–H and O–H groups in total. The summed E-state index contributed by atoms with van der Waals surface area (Å²) in [6.45, 7) is 4.95. The van der Waals surface area contributed by atoms with E-state index in [1.807, 2.05) is 62.4 Å². The minimum Gasteiger partial charge on any atom is -0.352 e. The first-order valence-corrected chi connectivity index (χ1v) is 12.5. The maximum absolute atomic E-state index is 13.5. The monoisotopic (exact) mass is 485 g/mol. The fraction of sp³-hybridized carbons (Fsp3) is 0.214. The van der Waals surface area contributed by atoms with Crippen LogP contribution >= 0.6 is 11.8 Å². The van der Waals surface area contributed by atoms with Crippen LogP contribution in [-0.2, 0) is 6.54 Å². The van der Waals surface area contributed by atoms with Crippen molar-refractivity contribution < 1.29 is 9.59 Å². The lowest BCUT2D eigenvalue weighted by Gasteiger charge is -2.14. The van der Waals surface area contributed by atoms with E-state index in [0.717, 1.165) is 5.56 Å². The topological polar surface area (TPSA) is 81.1 Å². The van der Waals surface area contributed by atoms with Gasteiger partial charge in [0.1, 0.15) is 0 Å². The summed E-state index contributed by atoms with van der Waals surface area (Å²) in [6.07, 6.45) is 0. The zero-order valence-corrected chi connectivity index (χ0v) is 20.5. The first kappa shape index (κ1) is 24.4. The molecule has 178 valence electrons. The summed E-state index contributed by atoms with van der Waals surface area (Å²) in [5.41, 5.74) is 2.24. The van der Waals surface area contributed by atoms with Crippen molar-refractivity contribution in [3.8, 4) is 0 Å². The van der Waals surface area contributed by atoms with Gasteiger partial charge in [-0.15, -0.1) is 0 Å². The molecule has 6 nitrogen and oxygen atoms in total. The summed E-state index contributed by atoms with van der Waals surface area (Å²) in [6, 6.07) is 23.7. The smallest absolute Gasteiger partial charge is 0.262 e. The standard InChI is InChI=1S/C28H27N3O3S/c1-19(2)16-29-26(33)22-13-14-23-24(15-22)30-28(35-18-25(32)21-11-7-4-8-12-21)31(27(23)34)17-20-9-5-3-6-10-20/h3-15,19H,16-18H2,1-2H3,(H,29,33). The Bertz CT molecular complexity index is 1400. The highest BCUT2D eigenvalue weighted by molar-refractivity contribution is 7.99. The number of carbonyl (C=O) groups excluding carboxylic acids is 2. The van der Waals surface area contributed by atoms with Crippen LogP contribution in [0.3, 0.4) is 0 Å². The first-order chi connectivity index (χ1) is 16.9. The molecule has 0 aliphatic rings. The molecule has 0 bridgehead atoms. The lowest BCUT2D eigenvalue weighted by molar-refractivity contribution is 0.0948. The average Bonchev–Trinajstić information content (AvgIpc) is 2.88. The molecule has 1 aromatic heterocycles. The molecule has 0 atom stereocenters. The van der Waals surface area contributed by atoms with E-state index < -0.39 is 0 Å². The maximum atomic E-state index is 13.5. The van der Waals surface area contributed by atoms with Crippen molar-refractivity contribution >= 4 is 34.4 Å². The third kappa shape index (κ3) is 6.05. The van der Waals surface area contributed by atoms with Crippen molar-refractivity contribution in [1.29, 1.82) is 0 Å². The van der Waals surface area contributed by atoms with Crippen molar-refractivity contribution in [3.63, 3.8) is 0 Å². The zero-order chi connectivity index (χ0) is 24.8. The molecule has 4 rings (SSSR count). The van der Waals surface area contributed by atoms with E-state index in [1.165, 1.54) is 11.8 Å². The Morgan fingerprint density at radius 1 is 0.943 bits per heavy atom. The molecule has 4 aromatic rings. The number of carbonyl (C=O) groups is 2. The van der Waals surface area contributed by atoms with Crippen molar-refractivity contribution in [2.45, 2.75) is 25.5 Å². The van der Waals surface area contributed by atoms with Gasteiger partial charge >= 0.3 is 0 Å². The van der Waals surface area contributed by atoms with Crippen LogP contribution in [-0.4, -0.2) is 33.5 Å². The van der Waals surface area contributed by atoms with Gasteiger partial charge in [0.05, 0.1) is 23.2 Å². The Morgan fingerprint density at radius 2 is 1.63 bits per heavy atom. The van der Waals surface area contributed by atoms with Crippen LogP contribution < -0.4 is 10.9 Å². The Hall–Kier alpha value is -3.71. The predicted molar refractivity (Wildman–Crippen MR) is 140 cm³/mol. The number of thioether (sulfide) groups is 1. The van der Waals surface area contributed by atoms with Gasteiger partial charge in [0.2, 0.25) is 0 Å². The van der Waals surface area contributed by atoms with Crippen LogP contribution in [0.1, 0.15) is 40.1 Å². The Labute approximate surface area is 208 Å². The highest BCUT2D eigenvalue weighted by atomic mass is 32.2. The van der Waals surface area contributed by atoms with E-state index in [0.29, 0.717) is 46.2 Å². The van der Waals surface area contributed by atoms with Gasteiger partial charge in [-0.2, -0.15) is 0 Å². The van der Waals surface area contributed by atoms with Crippen molar-refractivity contribution in [1.82, 2.24) is 14.9 Å². The summed E-state index contributed by atoms with van der Waals surface area (Å²) in [7, 11) is 0. The lowest BCUT2D eigenvalue weighted by atomic mass is 10.1. The summed E-state index contributed by atoms with van der Waals surface area (Å²) < 4.78 is 1.60. The van der Waals surface area contributed by atoms with E-state index in [2.05, 4.69) is 5.32 Å². The molecule has 1 heterocycles. The fourth-order valence-electron chi connectivity index (χ4n) is 3.59. The summed E-state index contributed by atoms with van der Waals surface area (Å²) >= 11 is 1.23. The molecule has 0 aliphatic heterocycles. The van der Waals surface area contributed by atoms with E-state index in [9.17, 15) is 14.4 Å². The second-order valence-electron chi connectivity index (χ2n) is 8.68. The van der Waals surface area contributed by atoms with Gasteiger partial charge < -0.3 is 5.32 Å². The van der Waals surface area contributed by atoms with Crippen molar-refractivity contribution in [2.75, 3.05) is 12.3 Å². The highest BCUT2D eigenvalue weighted by Crippen LogP contribution is 2.21. The normalized spacial score (nSPS) is 11.1. The third-order valence-electron chi connectivity index (χ3n) is 5.46. The molecule has 0 aliphatic carbocycles. The van der Waals surface area contributed by atoms with Crippen molar-refractivity contribution in [2.24, 2.45) is 5.92 Å². The quantitative estimate of drug-likeness (QED) is 0.209. The van der Waals surface area contributed by atoms with Crippen molar-refractivity contribution in [3.05, 3.63) is 106 Å². The van der Waals surface area contributed by atoms with Gasteiger partial charge in [0, 0.05) is 17.7 Å². The number of hydrogen-bond acceptors (Lipinski definition) is 5. The molecule has 0 radical (unpaired) electrons. The van der Waals surface area contributed by atoms with Gasteiger partial charge in [-0.25, -0.2) is 4.98 Å². The second-order valence-corrected chi connectivity index (χ2v) is 9.63. The molecule has 0 fully saturated rings. The van der Waals surface area contributed by atoms with E-state index >= 15 is 0 Å². The molecule has 0 unspecified atom stereocenters. The number of amides is 1. The highest BCUT2D eigenvalue weighted by Gasteiger charge is 2.16. The van der Waals surface area contributed by atoms with Gasteiger partial charge in [0.25, 0.3) is 11.5 Å². The molecular weight excluding hydrogens is 458 g/mol. The zero-order valence-electron chi connectivity index (χ0n) is 19.7. The lowest BCUT2D eigenvalue weighted by Crippen LogP contribution is -2.28. The molecule has 3 aromatic carbocycles. The largest absolute Gasteiger partial charge is 0.352 e. The summed E-state index contributed by atoms with van der Waals surface area (Å²) in [5, 5.41) is 3.77. The Kier molecular flexibility index (Phi) is 7.77. The Morgan fingerprint density at radius 3 is 2.31 bits per heavy atom. The average molecular weight is 486 g/mol. The van der Waals surface area contributed by atoms with Gasteiger partial charge in [0.15, 0.2) is 10.9 Å². The maximum Gasteiger partial charge on any atom is 0.262 e. The number of hydrogen-bond donors (Lipinski definition) is 1. The number of fused-ring (bicyclic) bond motifs is 1. The van der Waals surface area contributed by atoms with E-state index in [1.54, 1.807) is 34.9 Å². The minimum atomic E-state index is -0.206. The SMILES string of the molecule is CC(C)CNC(=O)c1ccc2c(=O)n(Cc3ccccc3)c(SCC(=O)c3ccccc3)nc2c1. The summed E-state index contributed by atoms with van der Waals surface area (Å²) in [4.78, 5) is 43.5. The molecule has 35 heavy (non-hydrogen) atoms. The van der Waals surface area contributed by atoms with Crippen LogP contribution in [0.5, 0.6) is 0 Å². The number of benzene rings is 3. The number of ketones is 1. The molecule has 1 amide bonds. The molecule has 0 saturated carbocycles. The van der Waals surface area contributed by atoms with Crippen LogP contribution in [0.2, 0.25) is 0 Å². The van der Waals surface area contributed by atoms with Crippen LogP contribution in [0, 0.1) is 5.92 Å². The minimum absolute atomic E-state index is 0.0435. The fourth-order valence-corrected chi connectivity index (χ4v) is 4.49. The number of nitrogens with one attached hydrogen (secondary N) is 1. The summed E-state index contributed by atoms with van der Waals surface area (Å²) in [5.74, 6) is 0.223. The van der Waals surface area contributed by atoms with Crippen LogP contribution in [0.15, 0.2) is 88.8 Å². The molecule has 0 spiro atoms. The van der Waals surface area contributed by atoms with Gasteiger partial charge in [-0.3, -0.25) is 19.0 Å². The number of nitrogens with zero attached hydrogens (tertiary/aromatic N) is 2. The first-order valence-electron chi connectivity index (χ1n) is 11.5. The van der Waals surface area contributed by atoms with Gasteiger partial charge in [-0.05, 0) is 29.7 Å². The molecule has 0 saturated heterocycles. The number of rotatable bonds is 9. The number of Topliss-reactive ketones (excluding diaryl/α,β-unsaturated/α-hetero) is 1.